The largest absolute Gasteiger partial charge is 0.348 e. The average molecular weight is 469 g/mol. The maximum Gasteiger partial charge on any atom is 0.251 e. The molecule has 0 saturated heterocycles. The minimum atomic E-state index is -3.76. The first-order chi connectivity index (χ1) is 15.4. The molecule has 5 nitrogen and oxygen atoms in total. The van der Waals surface area contributed by atoms with Crippen LogP contribution in [0.25, 0.3) is 0 Å². The van der Waals surface area contributed by atoms with Gasteiger partial charge < -0.3 is 5.32 Å². The smallest absolute Gasteiger partial charge is 0.251 e. The number of fused-ring (bicyclic) bond motifs is 2. The zero-order valence-corrected chi connectivity index (χ0v) is 21.4. The van der Waals surface area contributed by atoms with E-state index in [0.29, 0.717) is 17.0 Å². The Morgan fingerprint density at radius 3 is 2.39 bits per heavy atom. The molecule has 178 valence electrons. The Balaban J connectivity index is 1.62. The summed E-state index contributed by atoms with van der Waals surface area (Å²) >= 11 is 0. The van der Waals surface area contributed by atoms with E-state index < -0.39 is 10.0 Å². The summed E-state index contributed by atoms with van der Waals surface area (Å²) in [6, 6.07) is 13.0. The second-order valence-corrected chi connectivity index (χ2v) is 13.0. The Kier molecular flexibility index (Phi) is 5.98. The number of carbonyl (C=O) groups is 1. The first-order valence-corrected chi connectivity index (χ1v) is 13.2. The Morgan fingerprint density at radius 2 is 1.79 bits per heavy atom. The first kappa shape index (κ1) is 24.0. The van der Waals surface area contributed by atoms with Crippen LogP contribution in [-0.2, 0) is 16.6 Å². The third kappa shape index (κ3) is 4.12. The Bertz CT molecular complexity index is 1170. The molecular weight excluding hydrogens is 432 g/mol. The molecule has 2 bridgehead atoms. The number of hydrogen-bond acceptors (Lipinski definition) is 3. The van der Waals surface area contributed by atoms with Crippen LogP contribution in [0.2, 0.25) is 0 Å². The van der Waals surface area contributed by atoms with E-state index in [1.54, 1.807) is 20.0 Å². The highest BCUT2D eigenvalue weighted by molar-refractivity contribution is 7.89. The molecule has 1 N–H and O–H groups in total. The second-order valence-electron chi connectivity index (χ2n) is 11.0. The Morgan fingerprint density at radius 1 is 1.12 bits per heavy atom. The first-order valence-electron chi connectivity index (χ1n) is 11.8. The van der Waals surface area contributed by atoms with Crippen molar-refractivity contribution in [1.82, 2.24) is 9.62 Å². The fourth-order valence-corrected chi connectivity index (χ4v) is 7.67. The van der Waals surface area contributed by atoms with Gasteiger partial charge in [0.05, 0.1) is 4.90 Å². The average Bonchev–Trinajstić information content (AvgIpc) is 3.24. The third-order valence-electron chi connectivity index (χ3n) is 8.36. The highest BCUT2D eigenvalue weighted by Gasteiger charge is 2.59. The fourth-order valence-electron chi connectivity index (χ4n) is 6.20. The summed E-state index contributed by atoms with van der Waals surface area (Å²) in [5.74, 6) is 0.433. The summed E-state index contributed by atoms with van der Waals surface area (Å²) in [6.07, 6.45) is 3.49. The molecule has 33 heavy (non-hydrogen) atoms. The number of hydrogen-bond donors (Lipinski definition) is 1. The monoisotopic (exact) mass is 468 g/mol. The molecule has 2 aliphatic rings. The molecule has 2 aromatic carbocycles. The molecule has 2 aromatic rings. The van der Waals surface area contributed by atoms with Crippen LogP contribution in [0, 0.1) is 30.6 Å². The lowest BCUT2D eigenvalue weighted by Crippen LogP contribution is -2.52. The molecule has 3 atom stereocenters. The van der Waals surface area contributed by atoms with Crippen molar-refractivity contribution in [2.24, 2.45) is 16.7 Å². The van der Waals surface area contributed by atoms with Gasteiger partial charge in [0.2, 0.25) is 10.0 Å². The summed E-state index contributed by atoms with van der Waals surface area (Å²) in [4.78, 5) is 13.6. The number of carbonyl (C=O) groups excluding carboxylic acids is 1. The highest BCUT2D eigenvalue weighted by atomic mass is 32.2. The van der Waals surface area contributed by atoms with Crippen molar-refractivity contribution in [2.75, 3.05) is 7.05 Å². The lowest BCUT2D eigenvalue weighted by atomic mass is 9.68. The van der Waals surface area contributed by atoms with E-state index in [1.165, 1.54) is 10.7 Å². The summed E-state index contributed by atoms with van der Waals surface area (Å²) in [7, 11) is -2.18. The lowest BCUT2D eigenvalue weighted by molar-refractivity contribution is 0.0737. The van der Waals surface area contributed by atoms with Crippen molar-refractivity contribution in [3.63, 3.8) is 0 Å². The number of benzene rings is 2. The number of nitrogens with one attached hydrogen (secondary N) is 1. The van der Waals surface area contributed by atoms with Crippen LogP contribution in [0.5, 0.6) is 0 Å². The molecule has 0 heterocycles. The lowest BCUT2D eigenvalue weighted by Gasteiger charge is -2.43. The predicted molar refractivity (Wildman–Crippen MR) is 131 cm³/mol. The molecule has 0 spiro atoms. The van der Waals surface area contributed by atoms with E-state index >= 15 is 0 Å². The second kappa shape index (κ2) is 8.24. The van der Waals surface area contributed by atoms with E-state index in [0.717, 1.165) is 24.0 Å². The molecule has 0 aromatic heterocycles. The van der Waals surface area contributed by atoms with E-state index in [4.69, 9.17) is 0 Å². The minimum Gasteiger partial charge on any atom is -0.348 e. The van der Waals surface area contributed by atoms with Gasteiger partial charge >= 0.3 is 0 Å². The molecule has 1 amide bonds. The molecule has 2 fully saturated rings. The van der Waals surface area contributed by atoms with Gasteiger partial charge in [0.1, 0.15) is 0 Å². The summed E-state index contributed by atoms with van der Waals surface area (Å²) in [5, 5.41) is 3.30. The van der Waals surface area contributed by atoms with Crippen LogP contribution in [0.4, 0.5) is 0 Å². The van der Waals surface area contributed by atoms with Gasteiger partial charge in [-0.1, -0.05) is 51.1 Å². The zero-order chi connectivity index (χ0) is 24.2. The topological polar surface area (TPSA) is 66.5 Å². The van der Waals surface area contributed by atoms with Crippen LogP contribution < -0.4 is 5.32 Å². The van der Waals surface area contributed by atoms with Crippen molar-refractivity contribution in [3.05, 3.63) is 64.7 Å². The number of nitrogens with zero attached hydrogens (tertiary/aromatic N) is 1. The Hall–Kier alpha value is -2.18. The molecule has 2 unspecified atom stereocenters. The van der Waals surface area contributed by atoms with E-state index in [1.807, 2.05) is 43.3 Å². The molecule has 2 aliphatic carbocycles. The SMILES string of the molecule is Cc1cc(C(=O)NC2C3(C)CC[C@H](C3)C2(C)C)cc(S(=O)(=O)N(C)Cc2ccccc2)c1C. The predicted octanol–water partition coefficient (Wildman–Crippen LogP) is 5.07. The fraction of sp³-hybridized carbons (Fsp3) is 0.519. The van der Waals surface area contributed by atoms with Gasteiger partial charge in [-0.05, 0) is 78.7 Å². The molecule has 2 saturated carbocycles. The van der Waals surface area contributed by atoms with Crippen molar-refractivity contribution < 1.29 is 13.2 Å². The zero-order valence-electron chi connectivity index (χ0n) is 20.6. The van der Waals surface area contributed by atoms with Crippen molar-refractivity contribution >= 4 is 15.9 Å². The van der Waals surface area contributed by atoms with Gasteiger partial charge in [0, 0.05) is 25.2 Å². The number of aryl methyl sites for hydroxylation is 1. The maximum absolute atomic E-state index is 13.5. The van der Waals surface area contributed by atoms with Crippen LogP contribution in [0.1, 0.15) is 67.1 Å². The maximum atomic E-state index is 13.5. The molecule has 4 rings (SSSR count). The summed E-state index contributed by atoms with van der Waals surface area (Å²) < 4.78 is 28.3. The van der Waals surface area contributed by atoms with Gasteiger partial charge in [0.25, 0.3) is 5.91 Å². The van der Waals surface area contributed by atoms with Crippen molar-refractivity contribution in [2.45, 2.75) is 71.4 Å². The van der Waals surface area contributed by atoms with Gasteiger partial charge in [0.15, 0.2) is 0 Å². The highest BCUT2D eigenvalue weighted by Crippen LogP contribution is 2.62. The summed E-state index contributed by atoms with van der Waals surface area (Å²) in [6.45, 7) is 10.7. The van der Waals surface area contributed by atoms with Crippen molar-refractivity contribution in [1.29, 1.82) is 0 Å². The van der Waals surface area contributed by atoms with E-state index in [-0.39, 0.29) is 34.2 Å². The number of sulfonamides is 1. The quantitative estimate of drug-likeness (QED) is 0.644. The standard InChI is InChI=1S/C27H36N2O3S/c1-18-14-21(24(30)28-25-26(3,4)22-12-13-27(25,5)16-22)15-23(19(18)2)33(31,32)29(6)17-20-10-8-7-9-11-20/h7-11,14-15,22,25H,12-13,16-17H2,1-6H3,(H,28,30)/t22-,25?,27?/m1/s1. The Labute approximate surface area is 198 Å². The van der Waals surface area contributed by atoms with Gasteiger partial charge in [-0.15, -0.1) is 0 Å². The van der Waals surface area contributed by atoms with E-state index in [9.17, 15) is 13.2 Å². The molecule has 0 radical (unpaired) electrons. The number of rotatable bonds is 6. The van der Waals surface area contributed by atoms with Crippen LogP contribution in [0.3, 0.4) is 0 Å². The third-order valence-corrected chi connectivity index (χ3v) is 10.3. The van der Waals surface area contributed by atoms with Gasteiger partial charge in [-0.25, -0.2) is 8.42 Å². The van der Waals surface area contributed by atoms with Crippen LogP contribution in [0.15, 0.2) is 47.4 Å². The minimum absolute atomic E-state index is 0.0349. The summed E-state index contributed by atoms with van der Waals surface area (Å²) in [5.41, 5.74) is 2.94. The van der Waals surface area contributed by atoms with Crippen LogP contribution in [-0.4, -0.2) is 31.7 Å². The van der Waals surface area contributed by atoms with E-state index in [2.05, 4.69) is 26.1 Å². The molecular formula is C27H36N2O3S. The van der Waals surface area contributed by atoms with Crippen molar-refractivity contribution in [3.8, 4) is 0 Å². The van der Waals surface area contributed by atoms with Crippen LogP contribution >= 0.6 is 0 Å². The van der Waals surface area contributed by atoms with Gasteiger partial charge in [-0.2, -0.15) is 4.31 Å². The molecule has 6 heteroatoms. The molecule has 0 aliphatic heterocycles. The normalized spacial score (nSPS) is 26.0. The number of amides is 1. The van der Waals surface area contributed by atoms with Gasteiger partial charge in [-0.3, -0.25) is 4.79 Å².